The van der Waals surface area contributed by atoms with E-state index in [1.165, 1.54) is 0 Å². The molecular formula is C13H14ClN3OS. The summed E-state index contributed by atoms with van der Waals surface area (Å²) in [6.45, 7) is 3.85. The summed E-state index contributed by atoms with van der Waals surface area (Å²) in [6.07, 6.45) is 0.694. The highest BCUT2D eigenvalue weighted by atomic mass is 35.5. The van der Waals surface area contributed by atoms with Crippen molar-refractivity contribution in [3.8, 4) is 0 Å². The van der Waals surface area contributed by atoms with Crippen molar-refractivity contribution in [3.05, 3.63) is 45.4 Å². The number of hydrogen-bond donors (Lipinski definition) is 1. The lowest BCUT2D eigenvalue weighted by atomic mass is 10.1. The predicted octanol–water partition coefficient (Wildman–Crippen LogP) is 3.24. The Labute approximate surface area is 121 Å². The standard InChI is InChI=1S/C13H14ClN3OS/c1-3-11-12(19-17-16-11)13(18)15-8(2)9-6-4-5-7-10(9)14/h4-8H,3H2,1-2H3,(H,15,18)/t8-/m0/s1. The van der Waals surface area contributed by atoms with Gasteiger partial charge >= 0.3 is 0 Å². The van der Waals surface area contributed by atoms with Gasteiger partial charge in [0.05, 0.1) is 11.7 Å². The van der Waals surface area contributed by atoms with Crippen LogP contribution in [0.3, 0.4) is 0 Å². The van der Waals surface area contributed by atoms with Crippen molar-refractivity contribution < 1.29 is 4.79 Å². The Morgan fingerprint density at radius 1 is 1.47 bits per heavy atom. The van der Waals surface area contributed by atoms with Crippen LogP contribution in [0, 0.1) is 0 Å². The lowest BCUT2D eigenvalue weighted by Gasteiger charge is -2.15. The van der Waals surface area contributed by atoms with Gasteiger partial charge in [0.25, 0.3) is 5.91 Å². The molecule has 0 spiro atoms. The molecule has 0 radical (unpaired) electrons. The molecule has 6 heteroatoms. The van der Waals surface area contributed by atoms with E-state index in [0.29, 0.717) is 16.3 Å². The summed E-state index contributed by atoms with van der Waals surface area (Å²) < 4.78 is 3.82. The molecule has 1 heterocycles. The Morgan fingerprint density at radius 2 is 2.21 bits per heavy atom. The van der Waals surface area contributed by atoms with E-state index in [1.807, 2.05) is 38.1 Å². The zero-order valence-corrected chi connectivity index (χ0v) is 12.3. The van der Waals surface area contributed by atoms with Crippen LogP contribution in [0.2, 0.25) is 5.02 Å². The van der Waals surface area contributed by atoms with Gasteiger partial charge in [0, 0.05) is 5.02 Å². The maximum Gasteiger partial charge on any atom is 0.265 e. The van der Waals surface area contributed by atoms with Crippen LogP contribution in [0.5, 0.6) is 0 Å². The maximum absolute atomic E-state index is 12.2. The van der Waals surface area contributed by atoms with Gasteiger partial charge < -0.3 is 5.32 Å². The van der Waals surface area contributed by atoms with Crippen molar-refractivity contribution in [2.75, 3.05) is 0 Å². The summed E-state index contributed by atoms with van der Waals surface area (Å²) in [7, 11) is 0. The number of aromatic nitrogens is 2. The van der Waals surface area contributed by atoms with Gasteiger partial charge in [-0.15, -0.1) is 5.10 Å². The Balaban J connectivity index is 2.13. The lowest BCUT2D eigenvalue weighted by Crippen LogP contribution is -2.26. The quantitative estimate of drug-likeness (QED) is 0.942. The first kappa shape index (κ1) is 14.0. The Bertz CT molecular complexity index is 585. The van der Waals surface area contributed by atoms with Gasteiger partial charge in [0.2, 0.25) is 0 Å². The third-order valence-corrected chi connectivity index (χ3v) is 3.93. The second-order valence-corrected chi connectivity index (χ2v) is 5.28. The second kappa shape index (κ2) is 6.12. The largest absolute Gasteiger partial charge is 0.345 e. The van der Waals surface area contributed by atoms with Gasteiger partial charge in [-0.2, -0.15) is 0 Å². The molecule has 0 fully saturated rings. The van der Waals surface area contributed by atoms with E-state index in [4.69, 9.17) is 11.6 Å². The highest BCUT2D eigenvalue weighted by molar-refractivity contribution is 7.08. The number of benzene rings is 1. The molecule has 0 bridgehead atoms. The minimum absolute atomic E-state index is 0.153. The molecule has 1 atom stereocenters. The normalized spacial score (nSPS) is 12.2. The molecule has 1 amide bonds. The molecule has 4 nitrogen and oxygen atoms in total. The van der Waals surface area contributed by atoms with Gasteiger partial charge in [-0.25, -0.2) is 0 Å². The molecule has 0 aliphatic carbocycles. The van der Waals surface area contributed by atoms with Crippen LogP contribution >= 0.6 is 23.1 Å². The van der Waals surface area contributed by atoms with Gasteiger partial charge in [-0.3, -0.25) is 4.79 Å². The Kier molecular flexibility index (Phi) is 4.50. The molecule has 0 aliphatic rings. The van der Waals surface area contributed by atoms with E-state index in [9.17, 15) is 4.79 Å². The summed E-state index contributed by atoms with van der Waals surface area (Å²) in [6, 6.07) is 7.32. The highest BCUT2D eigenvalue weighted by Crippen LogP contribution is 2.23. The topological polar surface area (TPSA) is 54.9 Å². The van der Waals surface area contributed by atoms with E-state index < -0.39 is 0 Å². The van der Waals surface area contributed by atoms with E-state index in [0.717, 1.165) is 22.8 Å². The Hall–Kier alpha value is -1.46. The number of aryl methyl sites for hydroxylation is 1. The number of nitrogens with zero attached hydrogens (tertiary/aromatic N) is 2. The van der Waals surface area contributed by atoms with Gasteiger partial charge in [0.1, 0.15) is 4.88 Å². The molecule has 1 aromatic heterocycles. The molecule has 0 saturated carbocycles. The number of rotatable bonds is 4. The second-order valence-electron chi connectivity index (χ2n) is 4.12. The molecule has 1 N–H and O–H groups in total. The zero-order chi connectivity index (χ0) is 13.8. The molecular weight excluding hydrogens is 282 g/mol. The van der Waals surface area contributed by atoms with E-state index >= 15 is 0 Å². The van der Waals surface area contributed by atoms with E-state index in [2.05, 4.69) is 14.9 Å². The van der Waals surface area contributed by atoms with E-state index in [-0.39, 0.29) is 11.9 Å². The summed E-state index contributed by atoms with van der Waals surface area (Å²) in [4.78, 5) is 12.7. The first-order valence-corrected chi connectivity index (χ1v) is 7.15. The SMILES string of the molecule is CCc1nnsc1C(=O)N[C@@H](C)c1ccccc1Cl. The number of nitrogens with one attached hydrogen (secondary N) is 1. The number of carbonyl (C=O) groups excluding carboxylic acids is 1. The fourth-order valence-corrected chi connectivity index (χ4v) is 2.73. The monoisotopic (exact) mass is 295 g/mol. The minimum Gasteiger partial charge on any atom is -0.345 e. The number of hydrogen-bond acceptors (Lipinski definition) is 4. The first-order valence-electron chi connectivity index (χ1n) is 6.00. The summed E-state index contributed by atoms with van der Waals surface area (Å²) in [5, 5.41) is 7.50. The number of amides is 1. The predicted molar refractivity (Wildman–Crippen MR) is 76.6 cm³/mol. The van der Waals surface area contributed by atoms with Crippen LogP contribution < -0.4 is 5.32 Å². The number of halogens is 1. The smallest absolute Gasteiger partial charge is 0.265 e. The minimum atomic E-state index is -0.159. The molecule has 19 heavy (non-hydrogen) atoms. The Morgan fingerprint density at radius 3 is 2.89 bits per heavy atom. The van der Waals surface area contributed by atoms with Crippen LogP contribution in [-0.2, 0) is 6.42 Å². The molecule has 2 rings (SSSR count). The van der Waals surface area contributed by atoms with Crippen molar-refractivity contribution >= 4 is 29.0 Å². The zero-order valence-electron chi connectivity index (χ0n) is 10.7. The summed E-state index contributed by atoms with van der Waals surface area (Å²) >= 11 is 7.23. The maximum atomic E-state index is 12.2. The summed E-state index contributed by atoms with van der Waals surface area (Å²) in [5.74, 6) is -0.153. The van der Waals surface area contributed by atoms with E-state index in [1.54, 1.807) is 0 Å². The fourth-order valence-electron chi connectivity index (χ4n) is 1.78. The van der Waals surface area contributed by atoms with Crippen molar-refractivity contribution in [2.24, 2.45) is 0 Å². The van der Waals surface area contributed by atoms with Crippen molar-refractivity contribution in [2.45, 2.75) is 26.3 Å². The van der Waals surface area contributed by atoms with Crippen LogP contribution in [0.15, 0.2) is 24.3 Å². The highest BCUT2D eigenvalue weighted by Gasteiger charge is 2.18. The average molecular weight is 296 g/mol. The third kappa shape index (κ3) is 3.11. The molecule has 0 unspecified atom stereocenters. The van der Waals surface area contributed by atoms with Crippen molar-refractivity contribution in [1.82, 2.24) is 14.9 Å². The first-order chi connectivity index (χ1) is 9.13. The number of carbonyl (C=O) groups is 1. The van der Waals surface area contributed by atoms with Crippen LogP contribution in [-0.4, -0.2) is 15.5 Å². The fraction of sp³-hybridized carbons (Fsp3) is 0.308. The third-order valence-electron chi connectivity index (χ3n) is 2.82. The van der Waals surface area contributed by atoms with Crippen molar-refractivity contribution in [1.29, 1.82) is 0 Å². The van der Waals surface area contributed by atoms with Gasteiger partial charge in [-0.05, 0) is 36.5 Å². The van der Waals surface area contributed by atoms with Crippen LogP contribution in [0.4, 0.5) is 0 Å². The molecule has 0 saturated heterocycles. The lowest BCUT2D eigenvalue weighted by molar-refractivity contribution is 0.0943. The van der Waals surface area contributed by atoms with Gasteiger partial charge in [0.15, 0.2) is 0 Å². The van der Waals surface area contributed by atoms with Crippen LogP contribution in [0.25, 0.3) is 0 Å². The molecule has 100 valence electrons. The van der Waals surface area contributed by atoms with Crippen molar-refractivity contribution in [3.63, 3.8) is 0 Å². The summed E-state index contributed by atoms with van der Waals surface area (Å²) in [5.41, 5.74) is 1.63. The van der Waals surface area contributed by atoms with Crippen LogP contribution in [0.1, 0.15) is 40.8 Å². The molecule has 1 aromatic carbocycles. The van der Waals surface area contributed by atoms with Gasteiger partial charge in [-0.1, -0.05) is 41.2 Å². The molecule has 2 aromatic rings. The molecule has 0 aliphatic heterocycles. The average Bonchev–Trinajstić information content (AvgIpc) is 2.87.